The van der Waals surface area contributed by atoms with Gasteiger partial charge < -0.3 is 4.57 Å². The zero-order valence-corrected chi connectivity index (χ0v) is 12.7. The van der Waals surface area contributed by atoms with Gasteiger partial charge >= 0.3 is 0 Å². The molecule has 5 heteroatoms. The van der Waals surface area contributed by atoms with E-state index in [1.807, 2.05) is 22.8 Å². The Morgan fingerprint density at radius 3 is 2.62 bits per heavy atom. The molecule has 0 aliphatic carbocycles. The summed E-state index contributed by atoms with van der Waals surface area (Å²) in [6, 6.07) is 13.1. The first-order chi connectivity index (χ1) is 10.2. The van der Waals surface area contributed by atoms with Crippen LogP contribution in [0.4, 0.5) is 4.39 Å². The van der Waals surface area contributed by atoms with E-state index >= 15 is 0 Å². The molecule has 0 radical (unpaired) electrons. The highest BCUT2D eigenvalue weighted by atomic mass is 35.5. The van der Waals surface area contributed by atoms with Crippen LogP contribution in [0.2, 0.25) is 5.02 Å². The fourth-order valence-corrected chi connectivity index (χ4v) is 2.77. The zero-order chi connectivity index (χ0) is 14.8. The predicted octanol–water partition coefficient (Wildman–Crippen LogP) is 4.81. The van der Waals surface area contributed by atoms with Crippen molar-refractivity contribution in [3.05, 3.63) is 64.7 Å². The molecule has 0 bridgehead atoms. The van der Waals surface area contributed by atoms with Crippen molar-refractivity contribution < 1.29 is 4.39 Å². The van der Waals surface area contributed by atoms with Crippen LogP contribution in [0.3, 0.4) is 0 Å². The fraction of sp³-hybridized carbons (Fsp3) is 0.188. The Labute approximate surface area is 132 Å². The van der Waals surface area contributed by atoms with Crippen LogP contribution in [-0.4, -0.2) is 9.55 Å². The molecule has 0 aliphatic rings. The first-order valence-electron chi connectivity index (χ1n) is 6.63. The van der Waals surface area contributed by atoms with Crippen LogP contribution in [0.15, 0.2) is 42.5 Å². The predicted molar refractivity (Wildman–Crippen MR) is 84.4 cm³/mol. The normalized spacial score (nSPS) is 11.2. The van der Waals surface area contributed by atoms with Gasteiger partial charge in [-0.25, -0.2) is 9.37 Å². The minimum absolute atomic E-state index is 0.101. The Kier molecular flexibility index (Phi) is 4.13. The summed E-state index contributed by atoms with van der Waals surface area (Å²) in [6.45, 7) is 0.727. The van der Waals surface area contributed by atoms with Crippen LogP contribution in [0.1, 0.15) is 11.4 Å². The van der Waals surface area contributed by atoms with Crippen molar-refractivity contribution in [1.29, 1.82) is 0 Å². The minimum atomic E-state index is -0.460. The van der Waals surface area contributed by atoms with Crippen molar-refractivity contribution >= 4 is 34.2 Å². The molecule has 0 unspecified atom stereocenters. The first kappa shape index (κ1) is 14.4. The molecule has 0 atom stereocenters. The van der Waals surface area contributed by atoms with Crippen LogP contribution < -0.4 is 0 Å². The third-order valence-corrected chi connectivity index (χ3v) is 3.98. The number of hydrogen-bond acceptors (Lipinski definition) is 1. The van der Waals surface area contributed by atoms with Crippen LogP contribution in [-0.2, 0) is 18.8 Å². The highest BCUT2D eigenvalue weighted by molar-refractivity contribution is 6.31. The van der Waals surface area contributed by atoms with Crippen molar-refractivity contribution in [1.82, 2.24) is 9.55 Å². The summed E-state index contributed by atoms with van der Waals surface area (Å²) in [4.78, 5) is 4.38. The van der Waals surface area contributed by atoms with E-state index in [2.05, 4.69) is 17.1 Å². The van der Waals surface area contributed by atoms with Crippen LogP contribution in [0.25, 0.3) is 11.0 Å². The van der Waals surface area contributed by atoms with Gasteiger partial charge in [0.2, 0.25) is 0 Å². The van der Waals surface area contributed by atoms with Gasteiger partial charge in [-0.3, -0.25) is 0 Å². The first-order valence-corrected chi connectivity index (χ1v) is 7.54. The van der Waals surface area contributed by atoms with Crippen molar-refractivity contribution in [3.63, 3.8) is 0 Å². The average Bonchev–Trinajstić information content (AvgIpc) is 2.83. The van der Waals surface area contributed by atoms with Gasteiger partial charge in [-0.05, 0) is 18.1 Å². The highest BCUT2D eigenvalue weighted by Crippen LogP contribution is 2.25. The number of fused-ring (bicyclic) bond motifs is 1. The number of aryl methyl sites for hydroxylation is 2. The molecule has 0 amide bonds. The number of rotatable bonds is 4. The van der Waals surface area contributed by atoms with E-state index in [1.54, 1.807) is 6.07 Å². The van der Waals surface area contributed by atoms with Crippen molar-refractivity contribution in [2.45, 2.75) is 18.8 Å². The van der Waals surface area contributed by atoms with Crippen molar-refractivity contribution in [3.8, 4) is 0 Å². The second kappa shape index (κ2) is 6.04. The number of benzene rings is 2. The molecule has 0 fully saturated rings. The van der Waals surface area contributed by atoms with Gasteiger partial charge in [-0.15, -0.1) is 11.6 Å². The van der Waals surface area contributed by atoms with Gasteiger partial charge in [0, 0.05) is 12.6 Å². The number of halogens is 3. The van der Waals surface area contributed by atoms with Crippen LogP contribution in [0.5, 0.6) is 0 Å². The number of nitrogens with zero attached hydrogens (tertiary/aromatic N) is 2. The summed E-state index contributed by atoms with van der Waals surface area (Å²) in [5.41, 5.74) is 2.63. The molecule has 2 nitrogen and oxygen atoms in total. The average molecular weight is 323 g/mol. The van der Waals surface area contributed by atoms with E-state index in [1.165, 1.54) is 11.6 Å². The van der Waals surface area contributed by atoms with Gasteiger partial charge in [0.15, 0.2) is 0 Å². The SMILES string of the molecule is Fc1cc2nc(CCl)n(CCc3ccccc3)c2cc1Cl. The van der Waals surface area contributed by atoms with Gasteiger partial charge in [0.1, 0.15) is 11.6 Å². The molecule has 1 aromatic heterocycles. The van der Waals surface area contributed by atoms with Gasteiger partial charge in [0.05, 0.1) is 21.9 Å². The Bertz CT molecular complexity index is 769. The fourth-order valence-electron chi connectivity index (χ4n) is 2.41. The van der Waals surface area contributed by atoms with E-state index in [0.717, 1.165) is 24.3 Å². The van der Waals surface area contributed by atoms with E-state index in [0.29, 0.717) is 5.52 Å². The second-order valence-corrected chi connectivity index (χ2v) is 5.48. The lowest BCUT2D eigenvalue weighted by Gasteiger charge is -2.08. The highest BCUT2D eigenvalue weighted by Gasteiger charge is 2.13. The van der Waals surface area contributed by atoms with Crippen molar-refractivity contribution in [2.75, 3.05) is 0 Å². The van der Waals surface area contributed by atoms with Crippen molar-refractivity contribution in [2.24, 2.45) is 0 Å². The molecule has 3 rings (SSSR count). The van der Waals surface area contributed by atoms with Gasteiger partial charge in [-0.2, -0.15) is 0 Å². The molecular formula is C16H13Cl2FN2. The molecule has 0 saturated carbocycles. The van der Waals surface area contributed by atoms with E-state index in [4.69, 9.17) is 23.2 Å². The Morgan fingerprint density at radius 2 is 1.90 bits per heavy atom. The number of aromatic nitrogens is 2. The molecule has 21 heavy (non-hydrogen) atoms. The summed E-state index contributed by atoms with van der Waals surface area (Å²) in [6.07, 6.45) is 0.852. The summed E-state index contributed by atoms with van der Waals surface area (Å²) in [5, 5.41) is 0.101. The van der Waals surface area contributed by atoms with Crippen LogP contribution >= 0.6 is 23.2 Å². The largest absolute Gasteiger partial charge is 0.327 e. The molecule has 0 aliphatic heterocycles. The standard InChI is InChI=1S/C16H13Cl2FN2/c17-10-16-20-14-9-13(19)12(18)8-15(14)21(16)7-6-11-4-2-1-3-5-11/h1-5,8-9H,6-7,10H2. The lowest BCUT2D eigenvalue weighted by Crippen LogP contribution is -2.05. The quantitative estimate of drug-likeness (QED) is 0.630. The van der Waals surface area contributed by atoms with Crippen LogP contribution in [0, 0.1) is 5.82 Å². The maximum atomic E-state index is 13.5. The Morgan fingerprint density at radius 1 is 1.14 bits per heavy atom. The lowest BCUT2D eigenvalue weighted by molar-refractivity contribution is 0.629. The molecule has 2 aromatic carbocycles. The Hall–Kier alpha value is -1.58. The molecule has 0 spiro atoms. The maximum Gasteiger partial charge on any atom is 0.144 e. The van der Waals surface area contributed by atoms with Gasteiger partial charge in [-0.1, -0.05) is 41.9 Å². The maximum absolute atomic E-state index is 13.5. The third kappa shape index (κ3) is 2.89. The number of imidazole rings is 1. The molecule has 0 saturated heterocycles. The van der Waals surface area contributed by atoms with E-state index < -0.39 is 5.82 Å². The monoisotopic (exact) mass is 322 g/mol. The summed E-state index contributed by atoms with van der Waals surface area (Å²) in [5.74, 6) is 0.546. The zero-order valence-electron chi connectivity index (χ0n) is 11.2. The molecular weight excluding hydrogens is 310 g/mol. The van der Waals surface area contributed by atoms with Gasteiger partial charge in [0.25, 0.3) is 0 Å². The molecule has 1 heterocycles. The topological polar surface area (TPSA) is 17.8 Å². The van der Waals surface area contributed by atoms with E-state index in [9.17, 15) is 4.39 Å². The smallest absolute Gasteiger partial charge is 0.144 e. The van der Waals surface area contributed by atoms with E-state index in [-0.39, 0.29) is 10.9 Å². The second-order valence-electron chi connectivity index (χ2n) is 4.80. The third-order valence-electron chi connectivity index (χ3n) is 3.46. The number of hydrogen-bond donors (Lipinski definition) is 0. The number of alkyl halides is 1. The molecule has 0 N–H and O–H groups in total. The lowest BCUT2D eigenvalue weighted by atomic mass is 10.1. The minimum Gasteiger partial charge on any atom is -0.327 e. The molecule has 3 aromatic rings. The summed E-state index contributed by atoms with van der Waals surface area (Å²) in [7, 11) is 0. The summed E-state index contributed by atoms with van der Waals surface area (Å²) < 4.78 is 15.5. The molecule has 108 valence electrons. The summed E-state index contributed by atoms with van der Waals surface area (Å²) >= 11 is 11.8. The Balaban J connectivity index is 1.98.